The van der Waals surface area contributed by atoms with Crippen molar-refractivity contribution in [2.75, 3.05) is 18.4 Å². The fourth-order valence-corrected chi connectivity index (χ4v) is 2.12. The Labute approximate surface area is 122 Å². The molecular weight excluding hydrogens is 308 g/mol. The van der Waals surface area contributed by atoms with Gasteiger partial charge in [0.05, 0.1) is 0 Å². The van der Waals surface area contributed by atoms with Crippen molar-refractivity contribution in [1.29, 1.82) is 0 Å². The van der Waals surface area contributed by atoms with E-state index in [4.69, 9.17) is 0 Å². The van der Waals surface area contributed by atoms with E-state index in [2.05, 4.69) is 21.2 Å². The SMILES string of the molecule is CCCN(CCC(=O)Nc1cccc(Br)c1)C(C)=O. The predicted octanol–water partition coefficient (Wildman–Crippen LogP) is 3.04. The van der Waals surface area contributed by atoms with Gasteiger partial charge in [0.2, 0.25) is 11.8 Å². The van der Waals surface area contributed by atoms with Gasteiger partial charge in [-0.3, -0.25) is 9.59 Å². The van der Waals surface area contributed by atoms with Crippen molar-refractivity contribution in [3.63, 3.8) is 0 Å². The molecule has 0 saturated heterocycles. The lowest BCUT2D eigenvalue weighted by molar-refractivity contribution is -0.129. The van der Waals surface area contributed by atoms with Crippen molar-refractivity contribution >= 4 is 33.4 Å². The van der Waals surface area contributed by atoms with E-state index in [-0.39, 0.29) is 11.8 Å². The Bertz CT molecular complexity index is 449. The minimum absolute atomic E-state index is 0.0112. The fraction of sp³-hybridized carbons (Fsp3) is 0.429. The van der Waals surface area contributed by atoms with Gasteiger partial charge < -0.3 is 10.2 Å². The summed E-state index contributed by atoms with van der Waals surface area (Å²) in [7, 11) is 0. The van der Waals surface area contributed by atoms with Crippen LogP contribution in [0.1, 0.15) is 26.7 Å². The van der Waals surface area contributed by atoms with E-state index in [1.807, 2.05) is 31.2 Å². The van der Waals surface area contributed by atoms with Crippen LogP contribution in [-0.2, 0) is 9.59 Å². The van der Waals surface area contributed by atoms with Gasteiger partial charge in [0.15, 0.2) is 0 Å². The van der Waals surface area contributed by atoms with Crippen LogP contribution in [0.25, 0.3) is 0 Å². The van der Waals surface area contributed by atoms with Gasteiger partial charge >= 0.3 is 0 Å². The second-order valence-corrected chi connectivity index (χ2v) is 5.23. The summed E-state index contributed by atoms with van der Waals surface area (Å²) in [5.74, 6) is -0.0717. The molecule has 0 bridgehead atoms. The zero-order chi connectivity index (χ0) is 14.3. The molecule has 0 spiro atoms. The normalized spacial score (nSPS) is 10.1. The lowest BCUT2D eigenvalue weighted by Crippen LogP contribution is -2.32. The second kappa shape index (κ2) is 7.94. The maximum atomic E-state index is 11.8. The number of amides is 2. The summed E-state index contributed by atoms with van der Waals surface area (Å²) in [5, 5.41) is 2.81. The highest BCUT2D eigenvalue weighted by molar-refractivity contribution is 9.10. The van der Waals surface area contributed by atoms with Crippen LogP contribution in [0.15, 0.2) is 28.7 Å². The van der Waals surface area contributed by atoms with Gasteiger partial charge in [0, 0.05) is 36.6 Å². The largest absolute Gasteiger partial charge is 0.342 e. The van der Waals surface area contributed by atoms with Crippen LogP contribution in [0.4, 0.5) is 5.69 Å². The van der Waals surface area contributed by atoms with E-state index in [0.717, 1.165) is 16.6 Å². The Balaban J connectivity index is 2.45. The molecule has 0 saturated carbocycles. The summed E-state index contributed by atoms with van der Waals surface area (Å²) in [4.78, 5) is 24.8. The van der Waals surface area contributed by atoms with E-state index < -0.39 is 0 Å². The van der Waals surface area contributed by atoms with Crippen molar-refractivity contribution in [3.8, 4) is 0 Å². The number of benzene rings is 1. The monoisotopic (exact) mass is 326 g/mol. The minimum Gasteiger partial charge on any atom is -0.342 e. The summed E-state index contributed by atoms with van der Waals surface area (Å²) >= 11 is 3.35. The minimum atomic E-state index is -0.0829. The molecule has 0 fully saturated rings. The van der Waals surface area contributed by atoms with Gasteiger partial charge in [-0.05, 0) is 24.6 Å². The van der Waals surface area contributed by atoms with Gasteiger partial charge in [-0.25, -0.2) is 0 Å². The van der Waals surface area contributed by atoms with Crippen LogP contribution < -0.4 is 5.32 Å². The molecule has 1 N–H and O–H groups in total. The molecule has 0 atom stereocenters. The van der Waals surface area contributed by atoms with E-state index in [1.165, 1.54) is 6.92 Å². The Morgan fingerprint density at radius 3 is 2.63 bits per heavy atom. The smallest absolute Gasteiger partial charge is 0.226 e. The summed E-state index contributed by atoms with van der Waals surface area (Å²) in [6.45, 7) is 4.70. The quantitative estimate of drug-likeness (QED) is 0.873. The molecule has 4 nitrogen and oxygen atoms in total. The number of nitrogens with zero attached hydrogens (tertiary/aromatic N) is 1. The molecule has 0 unspecified atom stereocenters. The molecule has 0 aromatic heterocycles. The number of hydrogen-bond donors (Lipinski definition) is 1. The number of rotatable bonds is 6. The zero-order valence-corrected chi connectivity index (χ0v) is 12.9. The fourth-order valence-electron chi connectivity index (χ4n) is 1.72. The molecular formula is C14H19BrN2O2. The highest BCUT2D eigenvalue weighted by Gasteiger charge is 2.10. The van der Waals surface area contributed by atoms with Gasteiger partial charge in [-0.15, -0.1) is 0 Å². The molecule has 0 aliphatic carbocycles. The van der Waals surface area contributed by atoms with Crippen molar-refractivity contribution < 1.29 is 9.59 Å². The third kappa shape index (κ3) is 5.87. The maximum Gasteiger partial charge on any atom is 0.226 e. The molecule has 1 aromatic carbocycles. The third-order valence-electron chi connectivity index (χ3n) is 2.66. The topological polar surface area (TPSA) is 49.4 Å². The van der Waals surface area contributed by atoms with Gasteiger partial charge in [-0.2, -0.15) is 0 Å². The first-order chi connectivity index (χ1) is 9.02. The predicted molar refractivity (Wildman–Crippen MR) is 79.9 cm³/mol. The molecule has 104 valence electrons. The number of nitrogens with one attached hydrogen (secondary N) is 1. The van der Waals surface area contributed by atoms with Crippen LogP contribution in [-0.4, -0.2) is 29.8 Å². The number of carbonyl (C=O) groups excluding carboxylic acids is 2. The van der Waals surface area contributed by atoms with E-state index >= 15 is 0 Å². The van der Waals surface area contributed by atoms with Crippen LogP contribution in [0, 0.1) is 0 Å². The van der Waals surface area contributed by atoms with Gasteiger partial charge in [0.1, 0.15) is 0 Å². The van der Waals surface area contributed by atoms with Gasteiger partial charge in [-0.1, -0.05) is 28.9 Å². The molecule has 1 rings (SSSR count). The van der Waals surface area contributed by atoms with Crippen LogP contribution in [0.2, 0.25) is 0 Å². The zero-order valence-electron chi connectivity index (χ0n) is 11.3. The van der Waals surface area contributed by atoms with Crippen LogP contribution in [0.5, 0.6) is 0 Å². The van der Waals surface area contributed by atoms with Crippen molar-refractivity contribution in [1.82, 2.24) is 4.90 Å². The first-order valence-corrected chi connectivity index (χ1v) is 7.13. The second-order valence-electron chi connectivity index (χ2n) is 4.31. The molecule has 2 amide bonds. The highest BCUT2D eigenvalue weighted by atomic mass is 79.9. The lowest BCUT2D eigenvalue weighted by atomic mass is 10.3. The Kier molecular flexibility index (Phi) is 6.56. The Morgan fingerprint density at radius 1 is 1.32 bits per heavy atom. The Morgan fingerprint density at radius 2 is 2.05 bits per heavy atom. The molecule has 0 aliphatic rings. The number of halogens is 1. The molecule has 0 aliphatic heterocycles. The number of carbonyl (C=O) groups is 2. The van der Waals surface area contributed by atoms with E-state index in [0.29, 0.717) is 19.5 Å². The van der Waals surface area contributed by atoms with Crippen molar-refractivity contribution in [2.45, 2.75) is 26.7 Å². The molecule has 5 heteroatoms. The van der Waals surface area contributed by atoms with Crippen LogP contribution in [0.3, 0.4) is 0 Å². The van der Waals surface area contributed by atoms with Gasteiger partial charge in [0.25, 0.3) is 0 Å². The third-order valence-corrected chi connectivity index (χ3v) is 3.15. The number of hydrogen-bond acceptors (Lipinski definition) is 2. The first-order valence-electron chi connectivity index (χ1n) is 6.34. The molecule has 0 radical (unpaired) electrons. The average Bonchev–Trinajstić information content (AvgIpc) is 2.34. The summed E-state index contributed by atoms with van der Waals surface area (Å²) in [6, 6.07) is 7.43. The Hall–Kier alpha value is -1.36. The molecule has 0 heterocycles. The summed E-state index contributed by atoms with van der Waals surface area (Å²) in [5.41, 5.74) is 0.754. The van der Waals surface area contributed by atoms with Crippen LogP contribution >= 0.6 is 15.9 Å². The first kappa shape index (κ1) is 15.7. The summed E-state index contributed by atoms with van der Waals surface area (Å²) < 4.78 is 0.918. The molecule has 1 aromatic rings. The standard InChI is InChI=1S/C14H19BrN2O2/c1-3-8-17(11(2)18)9-7-14(19)16-13-6-4-5-12(15)10-13/h4-6,10H,3,7-9H2,1-2H3,(H,16,19). The number of anilines is 1. The highest BCUT2D eigenvalue weighted by Crippen LogP contribution is 2.15. The van der Waals surface area contributed by atoms with Crippen molar-refractivity contribution in [2.24, 2.45) is 0 Å². The summed E-state index contributed by atoms with van der Waals surface area (Å²) in [6.07, 6.45) is 1.21. The average molecular weight is 327 g/mol. The van der Waals surface area contributed by atoms with Crippen molar-refractivity contribution in [3.05, 3.63) is 28.7 Å². The maximum absolute atomic E-state index is 11.8. The van der Waals surface area contributed by atoms with E-state index in [1.54, 1.807) is 4.90 Å². The molecule has 19 heavy (non-hydrogen) atoms. The lowest BCUT2D eigenvalue weighted by Gasteiger charge is -2.19. The van der Waals surface area contributed by atoms with E-state index in [9.17, 15) is 9.59 Å².